The first kappa shape index (κ1) is 21.6. The third-order valence-corrected chi connectivity index (χ3v) is 5.74. The largest absolute Gasteiger partial charge is 0.461 e. The molecule has 0 aliphatic heterocycles. The van der Waals surface area contributed by atoms with Gasteiger partial charge < -0.3 is 10.1 Å². The molecular formula is C23H22N8O3. The number of nitrogens with zero attached hydrogens (tertiary/aromatic N) is 6. The molecule has 1 saturated carbocycles. The zero-order valence-electron chi connectivity index (χ0n) is 18.6. The van der Waals surface area contributed by atoms with E-state index in [1.54, 1.807) is 25.4 Å². The third-order valence-electron chi connectivity index (χ3n) is 5.74. The van der Waals surface area contributed by atoms with Crippen LogP contribution >= 0.6 is 0 Å². The second kappa shape index (κ2) is 8.93. The number of ether oxygens (including phenoxy) is 1. The van der Waals surface area contributed by atoms with Gasteiger partial charge in [0.2, 0.25) is 5.91 Å². The number of hydrogen-bond acceptors (Lipinski definition) is 9. The van der Waals surface area contributed by atoms with Gasteiger partial charge in [0.1, 0.15) is 6.10 Å². The van der Waals surface area contributed by atoms with Crippen molar-refractivity contribution in [3.05, 3.63) is 54.0 Å². The molecule has 172 valence electrons. The number of amides is 1. The molecule has 0 aromatic carbocycles. The molecule has 0 spiro atoms. The van der Waals surface area contributed by atoms with Crippen LogP contribution in [0.4, 0.5) is 5.82 Å². The number of nitrogens with one attached hydrogen (secondary N) is 2. The Morgan fingerprint density at radius 1 is 1.12 bits per heavy atom. The first-order valence-corrected chi connectivity index (χ1v) is 10.9. The number of aryl methyl sites for hydroxylation is 2. The fourth-order valence-electron chi connectivity index (χ4n) is 3.64. The predicted octanol–water partition coefficient (Wildman–Crippen LogP) is 2.64. The molecular weight excluding hydrogens is 436 g/mol. The van der Waals surface area contributed by atoms with Gasteiger partial charge in [0.15, 0.2) is 23.2 Å². The van der Waals surface area contributed by atoms with Crippen LogP contribution in [-0.2, 0) is 14.3 Å². The van der Waals surface area contributed by atoms with Gasteiger partial charge in [-0.2, -0.15) is 5.10 Å². The van der Waals surface area contributed by atoms with Crippen LogP contribution in [0.5, 0.6) is 0 Å². The molecule has 1 aliphatic rings. The molecule has 0 unspecified atom stereocenters. The second-order valence-corrected chi connectivity index (χ2v) is 8.21. The van der Waals surface area contributed by atoms with Crippen LogP contribution in [0, 0.1) is 13.8 Å². The summed E-state index contributed by atoms with van der Waals surface area (Å²) in [5, 5.41) is 10.0. The monoisotopic (exact) mass is 458 g/mol. The van der Waals surface area contributed by atoms with Crippen molar-refractivity contribution in [3.8, 4) is 11.4 Å². The van der Waals surface area contributed by atoms with Gasteiger partial charge in [-0.3, -0.25) is 24.7 Å². The standard InChI is InChI=1S/C23H22N8O3/c1-12-8-24-7-6-15(12)20-29-19(16-10-27-31-21(16)30-20)18(23(33)34-14-4-3-5-14)22(32)28-17-11-25-13(2)9-26-17/h6-11,14,18H,3-5H2,1-2H3,(H,26,28,32)(H,27,29,30,31)/t18-/m0/s1. The van der Waals surface area contributed by atoms with Crippen molar-refractivity contribution in [2.45, 2.75) is 45.1 Å². The van der Waals surface area contributed by atoms with Crippen LogP contribution in [0.25, 0.3) is 22.4 Å². The van der Waals surface area contributed by atoms with Crippen LogP contribution in [0.15, 0.2) is 37.1 Å². The van der Waals surface area contributed by atoms with Gasteiger partial charge in [-0.05, 0) is 44.7 Å². The Bertz CT molecular complexity index is 1360. The fourth-order valence-corrected chi connectivity index (χ4v) is 3.64. The molecule has 0 bridgehead atoms. The highest BCUT2D eigenvalue weighted by atomic mass is 16.5. The van der Waals surface area contributed by atoms with Crippen molar-refractivity contribution >= 4 is 28.7 Å². The maximum atomic E-state index is 13.4. The van der Waals surface area contributed by atoms with E-state index in [2.05, 4.69) is 40.4 Å². The Labute approximate surface area is 194 Å². The Kier molecular flexibility index (Phi) is 5.66. The average molecular weight is 458 g/mol. The van der Waals surface area contributed by atoms with E-state index < -0.39 is 17.8 Å². The predicted molar refractivity (Wildman–Crippen MR) is 122 cm³/mol. The van der Waals surface area contributed by atoms with Gasteiger partial charge >= 0.3 is 5.97 Å². The van der Waals surface area contributed by atoms with Gasteiger partial charge in [-0.25, -0.2) is 15.0 Å². The normalized spacial score (nSPS) is 14.4. The maximum absolute atomic E-state index is 13.4. The van der Waals surface area contributed by atoms with E-state index in [-0.39, 0.29) is 17.6 Å². The zero-order chi connectivity index (χ0) is 23.7. The number of fused-ring (bicyclic) bond motifs is 1. The molecule has 1 fully saturated rings. The van der Waals surface area contributed by atoms with Crippen LogP contribution in [0.2, 0.25) is 0 Å². The van der Waals surface area contributed by atoms with Crippen LogP contribution < -0.4 is 5.32 Å². The number of hydrogen-bond donors (Lipinski definition) is 2. The topological polar surface area (TPSA) is 149 Å². The molecule has 1 aliphatic carbocycles. The van der Waals surface area contributed by atoms with E-state index in [1.807, 2.05) is 6.92 Å². The van der Waals surface area contributed by atoms with E-state index in [1.165, 1.54) is 18.6 Å². The molecule has 0 saturated heterocycles. The molecule has 11 nitrogen and oxygen atoms in total. The van der Waals surface area contributed by atoms with E-state index >= 15 is 0 Å². The lowest BCUT2D eigenvalue weighted by Gasteiger charge is -2.27. The number of H-pyrrole nitrogens is 1. The fraction of sp³-hybridized carbons (Fsp3) is 0.304. The lowest BCUT2D eigenvalue weighted by molar-refractivity contribution is -0.156. The SMILES string of the molecule is Cc1cnc(NC(=O)[C@@H](C(=O)OC2CCC2)c2nc(-c3ccncc3C)nc3[nH]ncc23)cn1. The van der Waals surface area contributed by atoms with Gasteiger partial charge in [-0.1, -0.05) is 0 Å². The average Bonchev–Trinajstić information content (AvgIpc) is 3.27. The number of aromatic nitrogens is 7. The lowest BCUT2D eigenvalue weighted by Crippen LogP contribution is -2.35. The summed E-state index contributed by atoms with van der Waals surface area (Å²) in [5.74, 6) is -2.09. The number of esters is 1. The van der Waals surface area contributed by atoms with Gasteiger partial charge in [-0.15, -0.1) is 0 Å². The van der Waals surface area contributed by atoms with Crippen molar-refractivity contribution in [2.75, 3.05) is 5.32 Å². The highest BCUT2D eigenvalue weighted by Crippen LogP contribution is 2.31. The second-order valence-electron chi connectivity index (χ2n) is 8.21. The van der Waals surface area contributed by atoms with Gasteiger partial charge in [0, 0.05) is 18.0 Å². The van der Waals surface area contributed by atoms with Crippen LogP contribution in [0.3, 0.4) is 0 Å². The highest BCUT2D eigenvalue weighted by molar-refractivity contribution is 6.10. The first-order chi connectivity index (χ1) is 16.5. The molecule has 4 aromatic rings. The van der Waals surface area contributed by atoms with E-state index in [0.29, 0.717) is 22.6 Å². The Morgan fingerprint density at radius 2 is 1.97 bits per heavy atom. The van der Waals surface area contributed by atoms with Crippen LogP contribution in [0.1, 0.15) is 42.1 Å². The Balaban J connectivity index is 1.59. The Hall–Kier alpha value is -4.28. The highest BCUT2D eigenvalue weighted by Gasteiger charge is 2.37. The minimum atomic E-state index is -1.35. The summed E-state index contributed by atoms with van der Waals surface area (Å²) < 4.78 is 5.64. The molecule has 34 heavy (non-hydrogen) atoms. The first-order valence-electron chi connectivity index (χ1n) is 10.9. The maximum Gasteiger partial charge on any atom is 0.325 e. The molecule has 11 heteroatoms. The van der Waals surface area contributed by atoms with Crippen molar-refractivity contribution in [3.63, 3.8) is 0 Å². The van der Waals surface area contributed by atoms with Gasteiger partial charge in [0.25, 0.3) is 0 Å². The summed E-state index contributed by atoms with van der Waals surface area (Å²) >= 11 is 0. The minimum absolute atomic E-state index is 0.201. The van der Waals surface area contributed by atoms with E-state index in [4.69, 9.17) is 4.74 Å². The zero-order valence-corrected chi connectivity index (χ0v) is 18.6. The van der Waals surface area contributed by atoms with E-state index in [9.17, 15) is 9.59 Å². The lowest BCUT2D eigenvalue weighted by atomic mass is 9.95. The Morgan fingerprint density at radius 3 is 2.68 bits per heavy atom. The summed E-state index contributed by atoms with van der Waals surface area (Å²) in [4.78, 5) is 48.3. The van der Waals surface area contributed by atoms with Crippen molar-refractivity contribution < 1.29 is 14.3 Å². The summed E-state index contributed by atoms with van der Waals surface area (Å²) in [5.41, 5.74) is 2.88. The third kappa shape index (κ3) is 4.19. The van der Waals surface area contributed by atoms with E-state index in [0.717, 1.165) is 30.4 Å². The minimum Gasteiger partial charge on any atom is -0.461 e. The summed E-state index contributed by atoms with van der Waals surface area (Å²) in [6.45, 7) is 3.67. The number of aromatic amines is 1. The molecule has 1 atom stereocenters. The molecule has 1 amide bonds. The summed E-state index contributed by atoms with van der Waals surface area (Å²) in [6, 6.07) is 1.78. The summed E-state index contributed by atoms with van der Waals surface area (Å²) in [6.07, 6.45) is 10.1. The van der Waals surface area contributed by atoms with Crippen molar-refractivity contribution in [1.29, 1.82) is 0 Å². The molecule has 0 radical (unpaired) electrons. The smallest absolute Gasteiger partial charge is 0.325 e. The quantitative estimate of drug-likeness (QED) is 0.328. The number of anilines is 1. The number of carbonyl (C=O) groups is 2. The number of pyridine rings is 1. The molecule has 5 rings (SSSR count). The number of carbonyl (C=O) groups excluding carboxylic acids is 2. The van der Waals surface area contributed by atoms with Gasteiger partial charge in [0.05, 0.1) is 35.4 Å². The molecule has 2 N–H and O–H groups in total. The molecule has 4 aromatic heterocycles. The molecule has 4 heterocycles. The van der Waals surface area contributed by atoms with Crippen molar-refractivity contribution in [2.24, 2.45) is 0 Å². The van der Waals surface area contributed by atoms with Crippen LogP contribution in [-0.4, -0.2) is 53.1 Å². The van der Waals surface area contributed by atoms with Crippen molar-refractivity contribution in [1.82, 2.24) is 35.1 Å². The number of rotatable bonds is 6. The summed E-state index contributed by atoms with van der Waals surface area (Å²) in [7, 11) is 0.